The number of hydrogen-bond acceptors (Lipinski definition) is 4. The second-order valence-electron chi connectivity index (χ2n) is 4.24. The van der Waals surface area contributed by atoms with E-state index in [0.717, 1.165) is 25.6 Å². The van der Waals surface area contributed by atoms with Crippen LogP contribution >= 0.6 is 11.3 Å². The van der Waals surface area contributed by atoms with E-state index in [1.165, 1.54) is 23.5 Å². The molecule has 84 valence electrons. The van der Waals surface area contributed by atoms with Gasteiger partial charge in [-0.3, -0.25) is 0 Å². The zero-order valence-corrected chi connectivity index (χ0v) is 10.3. The van der Waals surface area contributed by atoms with E-state index >= 15 is 0 Å². The summed E-state index contributed by atoms with van der Waals surface area (Å²) >= 11 is 1.78. The molecule has 3 nitrogen and oxygen atoms in total. The zero-order chi connectivity index (χ0) is 10.7. The lowest BCUT2D eigenvalue weighted by Crippen LogP contribution is -2.34. The molecule has 1 fully saturated rings. The monoisotopic (exact) mass is 225 g/mol. The average Bonchev–Trinajstić information content (AvgIpc) is 2.85. The van der Waals surface area contributed by atoms with Gasteiger partial charge in [-0.2, -0.15) is 0 Å². The molecule has 0 radical (unpaired) electrons. The van der Waals surface area contributed by atoms with Crippen LogP contribution in [0.25, 0.3) is 0 Å². The van der Waals surface area contributed by atoms with E-state index in [9.17, 15) is 0 Å². The van der Waals surface area contributed by atoms with Gasteiger partial charge in [0.2, 0.25) is 0 Å². The van der Waals surface area contributed by atoms with Crippen molar-refractivity contribution in [2.45, 2.75) is 25.8 Å². The lowest BCUT2D eigenvalue weighted by Gasteiger charge is -2.22. The van der Waals surface area contributed by atoms with E-state index in [-0.39, 0.29) is 0 Å². The molecule has 1 aromatic rings. The zero-order valence-electron chi connectivity index (χ0n) is 9.49. The second-order valence-corrected chi connectivity index (χ2v) is 5.18. The molecule has 1 aliphatic heterocycles. The Labute approximate surface area is 95.5 Å². The fourth-order valence-corrected chi connectivity index (χ4v) is 2.81. The molecule has 15 heavy (non-hydrogen) atoms. The van der Waals surface area contributed by atoms with E-state index in [0.29, 0.717) is 0 Å². The van der Waals surface area contributed by atoms with Crippen LogP contribution < -0.4 is 5.32 Å². The highest BCUT2D eigenvalue weighted by atomic mass is 32.1. The number of nitrogens with one attached hydrogen (secondary N) is 1. The molecule has 2 rings (SSSR count). The molecule has 0 spiro atoms. The molecular formula is C11H19N3S. The van der Waals surface area contributed by atoms with Gasteiger partial charge in [-0.05, 0) is 33.4 Å². The first-order chi connectivity index (χ1) is 7.27. The molecule has 1 aromatic heterocycles. The first-order valence-corrected chi connectivity index (χ1v) is 6.45. The number of thiazole rings is 1. The summed E-state index contributed by atoms with van der Waals surface area (Å²) in [7, 11) is 2.23. The maximum atomic E-state index is 4.28. The number of likely N-dealkylation sites (N-methyl/N-ethyl adjacent to an activating group) is 1. The number of aromatic nitrogens is 1. The molecule has 0 aliphatic carbocycles. The highest BCUT2D eigenvalue weighted by Crippen LogP contribution is 2.14. The topological polar surface area (TPSA) is 28.2 Å². The highest BCUT2D eigenvalue weighted by molar-refractivity contribution is 7.09. The minimum Gasteiger partial charge on any atom is -0.315 e. The van der Waals surface area contributed by atoms with Crippen LogP contribution in [-0.2, 0) is 6.42 Å². The van der Waals surface area contributed by atoms with Crippen LogP contribution in [0.2, 0.25) is 0 Å². The third kappa shape index (κ3) is 2.77. The summed E-state index contributed by atoms with van der Waals surface area (Å²) < 4.78 is 0. The third-order valence-corrected chi connectivity index (χ3v) is 4.19. The van der Waals surface area contributed by atoms with Crippen molar-refractivity contribution >= 4 is 11.3 Å². The first-order valence-electron chi connectivity index (χ1n) is 5.57. The third-order valence-electron chi connectivity index (χ3n) is 3.19. The Hall–Kier alpha value is -0.450. The molecular weight excluding hydrogens is 206 g/mol. The lowest BCUT2D eigenvalue weighted by atomic mass is 10.2. The van der Waals surface area contributed by atoms with Crippen LogP contribution in [0.15, 0.2) is 5.51 Å². The van der Waals surface area contributed by atoms with Gasteiger partial charge in [-0.25, -0.2) is 4.98 Å². The molecule has 2 heterocycles. The Morgan fingerprint density at radius 3 is 3.13 bits per heavy atom. The summed E-state index contributed by atoms with van der Waals surface area (Å²) in [5.74, 6) is 0. The lowest BCUT2D eigenvalue weighted by molar-refractivity contribution is 0.260. The van der Waals surface area contributed by atoms with Gasteiger partial charge in [0.15, 0.2) is 0 Å². The van der Waals surface area contributed by atoms with Crippen LogP contribution in [0.4, 0.5) is 0 Å². The SMILES string of the molecule is Cc1ncsc1CCN(C)C1CCNC1. The molecule has 1 atom stereocenters. The predicted octanol–water partition coefficient (Wildman–Crippen LogP) is 1.29. The highest BCUT2D eigenvalue weighted by Gasteiger charge is 2.18. The summed E-state index contributed by atoms with van der Waals surface area (Å²) in [5, 5.41) is 3.41. The van der Waals surface area contributed by atoms with E-state index in [4.69, 9.17) is 0 Å². The van der Waals surface area contributed by atoms with Gasteiger partial charge in [0, 0.05) is 24.0 Å². The molecule has 1 aliphatic rings. The minimum atomic E-state index is 0.734. The average molecular weight is 225 g/mol. The Bertz CT molecular complexity index is 305. The summed E-state index contributed by atoms with van der Waals surface area (Å²) in [5.41, 5.74) is 3.15. The molecule has 1 saturated heterocycles. The second kappa shape index (κ2) is 5.05. The normalized spacial score (nSPS) is 21.4. The molecule has 1 unspecified atom stereocenters. The van der Waals surface area contributed by atoms with Gasteiger partial charge in [0.05, 0.1) is 11.2 Å². The molecule has 4 heteroatoms. The fourth-order valence-electron chi connectivity index (χ4n) is 2.04. The van der Waals surface area contributed by atoms with Crippen LogP contribution in [-0.4, -0.2) is 42.6 Å². The molecule has 1 N–H and O–H groups in total. The van der Waals surface area contributed by atoms with E-state index in [1.54, 1.807) is 11.3 Å². The van der Waals surface area contributed by atoms with Gasteiger partial charge < -0.3 is 10.2 Å². The largest absolute Gasteiger partial charge is 0.315 e. The van der Waals surface area contributed by atoms with E-state index in [1.807, 2.05) is 5.51 Å². The van der Waals surface area contributed by atoms with Crippen molar-refractivity contribution in [1.82, 2.24) is 15.2 Å². The number of nitrogens with zero attached hydrogens (tertiary/aromatic N) is 2. The van der Waals surface area contributed by atoms with Crippen molar-refractivity contribution in [3.05, 3.63) is 16.1 Å². The molecule has 0 aromatic carbocycles. The van der Waals surface area contributed by atoms with Gasteiger partial charge in [0.25, 0.3) is 0 Å². The summed E-state index contributed by atoms with van der Waals surface area (Å²) in [6.07, 6.45) is 2.43. The molecule has 0 bridgehead atoms. The van der Waals surface area contributed by atoms with Gasteiger partial charge in [-0.1, -0.05) is 0 Å². The maximum absolute atomic E-state index is 4.28. The Kier molecular flexibility index (Phi) is 3.72. The predicted molar refractivity (Wildman–Crippen MR) is 64.5 cm³/mol. The number of aryl methyl sites for hydroxylation is 1. The van der Waals surface area contributed by atoms with Crippen molar-refractivity contribution < 1.29 is 0 Å². The minimum absolute atomic E-state index is 0.734. The first kappa shape index (κ1) is 11.0. The van der Waals surface area contributed by atoms with Crippen molar-refractivity contribution in [3.8, 4) is 0 Å². The van der Waals surface area contributed by atoms with Crippen LogP contribution in [0.5, 0.6) is 0 Å². The van der Waals surface area contributed by atoms with Gasteiger partial charge in [-0.15, -0.1) is 11.3 Å². The Morgan fingerprint density at radius 2 is 2.53 bits per heavy atom. The van der Waals surface area contributed by atoms with E-state index in [2.05, 4.69) is 29.2 Å². The Morgan fingerprint density at radius 1 is 1.67 bits per heavy atom. The Balaban J connectivity index is 1.80. The fraction of sp³-hybridized carbons (Fsp3) is 0.727. The quantitative estimate of drug-likeness (QED) is 0.837. The molecule has 0 saturated carbocycles. The van der Waals surface area contributed by atoms with Crippen molar-refractivity contribution in [3.63, 3.8) is 0 Å². The number of rotatable bonds is 4. The smallest absolute Gasteiger partial charge is 0.0797 e. The van der Waals surface area contributed by atoms with Crippen LogP contribution in [0, 0.1) is 6.92 Å². The van der Waals surface area contributed by atoms with Gasteiger partial charge >= 0.3 is 0 Å². The maximum Gasteiger partial charge on any atom is 0.0797 e. The number of hydrogen-bond donors (Lipinski definition) is 1. The van der Waals surface area contributed by atoms with Gasteiger partial charge in [0.1, 0.15) is 0 Å². The standard InChI is InChI=1S/C11H19N3S/c1-9-11(15-8-13-9)4-6-14(2)10-3-5-12-7-10/h8,10,12H,3-7H2,1-2H3. The molecule has 0 amide bonds. The summed E-state index contributed by atoms with van der Waals surface area (Å²) in [6.45, 7) is 5.57. The van der Waals surface area contributed by atoms with E-state index < -0.39 is 0 Å². The van der Waals surface area contributed by atoms with Crippen LogP contribution in [0.1, 0.15) is 17.0 Å². The van der Waals surface area contributed by atoms with Crippen molar-refractivity contribution in [2.75, 3.05) is 26.7 Å². The van der Waals surface area contributed by atoms with Crippen molar-refractivity contribution in [2.24, 2.45) is 0 Å². The van der Waals surface area contributed by atoms with Crippen molar-refractivity contribution in [1.29, 1.82) is 0 Å². The summed E-state index contributed by atoms with van der Waals surface area (Å²) in [6, 6.07) is 0.734. The van der Waals surface area contributed by atoms with Crippen LogP contribution in [0.3, 0.4) is 0 Å². The summed E-state index contributed by atoms with van der Waals surface area (Å²) in [4.78, 5) is 8.19.